The zero-order chi connectivity index (χ0) is 15.9. The van der Waals surface area contributed by atoms with Crippen LogP contribution in [-0.4, -0.2) is 23.3 Å². The molecule has 7 nitrogen and oxygen atoms in total. The Morgan fingerprint density at radius 3 is 2.27 bits per heavy atom. The van der Waals surface area contributed by atoms with E-state index in [0.717, 1.165) is 29.3 Å². The minimum atomic E-state index is 0.356. The Balaban J connectivity index is 1.81. The van der Waals surface area contributed by atoms with E-state index in [0.29, 0.717) is 25.0 Å². The molecule has 0 aromatic carbocycles. The highest BCUT2D eigenvalue weighted by Gasteiger charge is 2.09. The molecule has 0 aliphatic heterocycles. The lowest BCUT2D eigenvalue weighted by Gasteiger charge is -2.08. The summed E-state index contributed by atoms with van der Waals surface area (Å²) in [7, 11) is 1.72. The Morgan fingerprint density at radius 1 is 1.14 bits per heavy atom. The fraction of sp³-hybridized carbons (Fsp3) is 0.533. The van der Waals surface area contributed by atoms with Crippen LogP contribution in [0.2, 0.25) is 0 Å². The molecule has 0 aliphatic carbocycles. The SMILES string of the molecule is CCc1cc(CNC(=NC)NCc2cc(C(C)C)no2)on1. The van der Waals surface area contributed by atoms with Gasteiger partial charge in [-0.3, -0.25) is 4.99 Å². The third kappa shape index (κ3) is 4.34. The Bertz CT molecular complexity index is 615. The van der Waals surface area contributed by atoms with Gasteiger partial charge < -0.3 is 19.7 Å². The predicted octanol–water partition coefficient (Wildman–Crippen LogP) is 2.21. The molecule has 0 radical (unpaired) electrons. The summed E-state index contributed by atoms with van der Waals surface area (Å²) in [4.78, 5) is 4.16. The van der Waals surface area contributed by atoms with Gasteiger partial charge in [-0.2, -0.15) is 0 Å². The lowest BCUT2D eigenvalue weighted by atomic mass is 10.1. The van der Waals surface area contributed by atoms with Crippen LogP contribution in [-0.2, 0) is 19.5 Å². The predicted molar refractivity (Wildman–Crippen MR) is 83.5 cm³/mol. The average Bonchev–Trinajstić information content (AvgIpc) is 3.16. The highest BCUT2D eigenvalue weighted by Crippen LogP contribution is 2.13. The van der Waals surface area contributed by atoms with Crippen molar-refractivity contribution in [2.75, 3.05) is 7.05 Å². The second-order valence-corrected chi connectivity index (χ2v) is 5.29. The van der Waals surface area contributed by atoms with Gasteiger partial charge in [0.1, 0.15) is 0 Å². The van der Waals surface area contributed by atoms with Crippen molar-refractivity contribution in [3.63, 3.8) is 0 Å². The van der Waals surface area contributed by atoms with Gasteiger partial charge in [-0.1, -0.05) is 31.1 Å². The number of guanidine groups is 1. The molecule has 22 heavy (non-hydrogen) atoms. The monoisotopic (exact) mass is 305 g/mol. The molecule has 0 saturated carbocycles. The number of hydrogen-bond acceptors (Lipinski definition) is 5. The Hall–Kier alpha value is -2.31. The van der Waals surface area contributed by atoms with E-state index in [2.05, 4.69) is 39.8 Å². The van der Waals surface area contributed by atoms with Crippen molar-refractivity contribution in [3.8, 4) is 0 Å². The smallest absolute Gasteiger partial charge is 0.191 e. The Kier molecular flexibility index (Phi) is 5.57. The molecule has 0 atom stereocenters. The van der Waals surface area contributed by atoms with E-state index in [1.54, 1.807) is 7.05 Å². The summed E-state index contributed by atoms with van der Waals surface area (Å²) >= 11 is 0. The highest BCUT2D eigenvalue weighted by molar-refractivity contribution is 5.79. The molecule has 0 aliphatic rings. The normalized spacial score (nSPS) is 12.0. The van der Waals surface area contributed by atoms with Crippen molar-refractivity contribution >= 4 is 5.96 Å². The Morgan fingerprint density at radius 2 is 1.77 bits per heavy atom. The lowest BCUT2D eigenvalue weighted by Crippen LogP contribution is -2.36. The van der Waals surface area contributed by atoms with Crippen LogP contribution in [0, 0.1) is 0 Å². The zero-order valence-corrected chi connectivity index (χ0v) is 13.5. The zero-order valence-electron chi connectivity index (χ0n) is 13.5. The van der Waals surface area contributed by atoms with Crippen LogP contribution in [0.15, 0.2) is 26.2 Å². The molecule has 0 unspecified atom stereocenters. The van der Waals surface area contributed by atoms with E-state index >= 15 is 0 Å². The number of nitrogens with zero attached hydrogens (tertiary/aromatic N) is 3. The number of aliphatic imine (C=N–C) groups is 1. The van der Waals surface area contributed by atoms with Gasteiger partial charge in [0.15, 0.2) is 17.5 Å². The van der Waals surface area contributed by atoms with Gasteiger partial charge in [-0.25, -0.2) is 0 Å². The Labute approximate surface area is 130 Å². The fourth-order valence-corrected chi connectivity index (χ4v) is 1.85. The van der Waals surface area contributed by atoms with Gasteiger partial charge in [0, 0.05) is 19.2 Å². The molecule has 2 rings (SSSR count). The molecular weight excluding hydrogens is 282 g/mol. The maximum Gasteiger partial charge on any atom is 0.191 e. The molecule has 0 bridgehead atoms. The fourth-order valence-electron chi connectivity index (χ4n) is 1.85. The van der Waals surface area contributed by atoms with Crippen molar-refractivity contribution in [2.45, 2.75) is 46.2 Å². The quantitative estimate of drug-likeness (QED) is 0.628. The van der Waals surface area contributed by atoms with E-state index < -0.39 is 0 Å². The largest absolute Gasteiger partial charge is 0.359 e. The summed E-state index contributed by atoms with van der Waals surface area (Å²) < 4.78 is 10.5. The average molecular weight is 305 g/mol. The number of rotatable bonds is 6. The number of aryl methyl sites for hydroxylation is 1. The van der Waals surface area contributed by atoms with Crippen molar-refractivity contribution in [2.24, 2.45) is 4.99 Å². The maximum atomic E-state index is 5.28. The van der Waals surface area contributed by atoms with E-state index in [9.17, 15) is 0 Å². The van der Waals surface area contributed by atoms with E-state index in [1.807, 2.05) is 19.1 Å². The van der Waals surface area contributed by atoms with Crippen LogP contribution in [0.4, 0.5) is 0 Å². The highest BCUT2D eigenvalue weighted by atomic mass is 16.5. The van der Waals surface area contributed by atoms with Crippen molar-refractivity contribution in [1.82, 2.24) is 20.9 Å². The molecule has 0 saturated heterocycles. The van der Waals surface area contributed by atoms with Crippen molar-refractivity contribution in [3.05, 3.63) is 35.0 Å². The van der Waals surface area contributed by atoms with E-state index in [4.69, 9.17) is 9.05 Å². The second kappa shape index (κ2) is 7.63. The molecule has 0 amide bonds. The summed E-state index contributed by atoms with van der Waals surface area (Å²) in [6, 6.07) is 3.89. The molecule has 0 fully saturated rings. The molecule has 2 aromatic rings. The third-order valence-corrected chi connectivity index (χ3v) is 3.22. The minimum Gasteiger partial charge on any atom is -0.359 e. The van der Waals surface area contributed by atoms with Crippen LogP contribution < -0.4 is 10.6 Å². The molecule has 120 valence electrons. The molecule has 2 N–H and O–H groups in total. The first-order valence-corrected chi connectivity index (χ1v) is 7.46. The molecule has 2 aromatic heterocycles. The van der Waals surface area contributed by atoms with Crippen LogP contribution in [0.5, 0.6) is 0 Å². The van der Waals surface area contributed by atoms with Crippen LogP contribution >= 0.6 is 0 Å². The van der Waals surface area contributed by atoms with Crippen LogP contribution in [0.1, 0.15) is 49.6 Å². The number of nitrogens with one attached hydrogen (secondary N) is 2. The summed E-state index contributed by atoms with van der Waals surface area (Å²) in [6.07, 6.45) is 0.861. The van der Waals surface area contributed by atoms with Gasteiger partial charge in [0.05, 0.1) is 24.5 Å². The minimum absolute atomic E-state index is 0.356. The number of hydrogen-bond donors (Lipinski definition) is 2. The van der Waals surface area contributed by atoms with Gasteiger partial charge >= 0.3 is 0 Å². The summed E-state index contributed by atoms with van der Waals surface area (Å²) in [5.74, 6) is 2.58. The molecule has 2 heterocycles. The van der Waals surface area contributed by atoms with Crippen molar-refractivity contribution < 1.29 is 9.05 Å². The first kappa shape index (κ1) is 16.1. The van der Waals surface area contributed by atoms with Gasteiger partial charge in [-0.05, 0) is 12.3 Å². The molecule has 0 spiro atoms. The first-order valence-electron chi connectivity index (χ1n) is 7.46. The summed E-state index contributed by atoms with van der Waals surface area (Å²) in [5, 5.41) is 14.3. The first-order chi connectivity index (χ1) is 10.6. The van der Waals surface area contributed by atoms with Gasteiger partial charge in [0.2, 0.25) is 0 Å². The van der Waals surface area contributed by atoms with Crippen LogP contribution in [0.25, 0.3) is 0 Å². The standard InChI is InChI=1S/C15H23N5O2/c1-5-11-6-12(21-19-11)8-17-15(16-4)18-9-13-7-14(10(2)3)20-22-13/h6-7,10H,5,8-9H2,1-4H3,(H2,16,17,18). The summed E-state index contributed by atoms with van der Waals surface area (Å²) in [6.45, 7) is 7.25. The topological polar surface area (TPSA) is 88.5 Å². The maximum absolute atomic E-state index is 5.28. The van der Waals surface area contributed by atoms with Crippen molar-refractivity contribution in [1.29, 1.82) is 0 Å². The third-order valence-electron chi connectivity index (χ3n) is 3.22. The van der Waals surface area contributed by atoms with Gasteiger partial charge in [0.25, 0.3) is 0 Å². The van der Waals surface area contributed by atoms with Gasteiger partial charge in [-0.15, -0.1) is 0 Å². The number of aromatic nitrogens is 2. The summed E-state index contributed by atoms with van der Waals surface area (Å²) in [5.41, 5.74) is 1.90. The molecule has 7 heteroatoms. The van der Waals surface area contributed by atoms with E-state index in [-0.39, 0.29) is 0 Å². The van der Waals surface area contributed by atoms with Crippen LogP contribution in [0.3, 0.4) is 0 Å². The lowest BCUT2D eigenvalue weighted by molar-refractivity contribution is 0.369. The molecular formula is C15H23N5O2. The van der Waals surface area contributed by atoms with E-state index in [1.165, 1.54) is 0 Å². The second-order valence-electron chi connectivity index (χ2n) is 5.29.